The Bertz CT molecular complexity index is 273. The first-order valence-electron chi connectivity index (χ1n) is 4.42. The van der Waals surface area contributed by atoms with E-state index in [9.17, 15) is 0 Å². The van der Waals surface area contributed by atoms with Crippen LogP contribution in [-0.2, 0) is 0 Å². The second-order valence-electron chi connectivity index (χ2n) is 3.36. The Morgan fingerprint density at radius 3 is 2.64 bits per heavy atom. The minimum absolute atomic E-state index is 0. The molecule has 1 fully saturated rings. The van der Waals surface area contributed by atoms with E-state index in [4.69, 9.17) is 5.73 Å². The van der Waals surface area contributed by atoms with Crippen LogP contribution in [0.1, 0.15) is 17.9 Å². The van der Waals surface area contributed by atoms with Crippen LogP contribution in [0.25, 0.3) is 0 Å². The lowest BCUT2D eigenvalue weighted by Gasteiger charge is -2.08. The Morgan fingerprint density at radius 2 is 2.07 bits per heavy atom. The van der Waals surface area contributed by atoms with Crippen LogP contribution in [0, 0.1) is 0 Å². The van der Waals surface area contributed by atoms with E-state index < -0.39 is 0 Å². The van der Waals surface area contributed by atoms with Crippen molar-refractivity contribution < 1.29 is 0 Å². The molecule has 0 aliphatic carbocycles. The number of anilines is 1. The highest BCUT2D eigenvalue weighted by Gasteiger charge is 2.15. The topological polar surface area (TPSA) is 38.0 Å². The quantitative estimate of drug-likeness (QED) is 0.732. The Kier molecular flexibility index (Phi) is 5.93. The first-order chi connectivity index (χ1) is 5.86. The highest BCUT2D eigenvalue weighted by atomic mass is 35.5. The molecule has 1 heterocycles. The van der Waals surface area contributed by atoms with E-state index in [0.29, 0.717) is 5.92 Å². The third-order valence-corrected chi connectivity index (χ3v) is 2.44. The Labute approximate surface area is 97.1 Å². The second-order valence-corrected chi connectivity index (χ2v) is 3.36. The molecule has 4 heteroatoms. The number of halogens is 2. The summed E-state index contributed by atoms with van der Waals surface area (Å²) in [7, 11) is 0. The molecule has 14 heavy (non-hydrogen) atoms. The predicted molar refractivity (Wildman–Crippen MR) is 65.6 cm³/mol. The number of hydrogen-bond acceptors (Lipinski definition) is 2. The number of rotatable bonds is 1. The van der Waals surface area contributed by atoms with Gasteiger partial charge in [0.2, 0.25) is 0 Å². The monoisotopic (exact) mass is 234 g/mol. The summed E-state index contributed by atoms with van der Waals surface area (Å²) in [4.78, 5) is 0. The maximum atomic E-state index is 5.71. The second kappa shape index (κ2) is 6.12. The number of benzene rings is 1. The summed E-state index contributed by atoms with van der Waals surface area (Å²) in [5, 5.41) is 3.35. The molecule has 0 amide bonds. The predicted octanol–water partition coefficient (Wildman–Crippen LogP) is 2.19. The zero-order chi connectivity index (χ0) is 8.39. The summed E-state index contributed by atoms with van der Waals surface area (Å²) in [6, 6.07) is 8.21. The van der Waals surface area contributed by atoms with Crippen molar-refractivity contribution in [1.82, 2.24) is 5.32 Å². The van der Waals surface area contributed by atoms with E-state index in [-0.39, 0.29) is 24.8 Å². The van der Waals surface area contributed by atoms with E-state index in [1.807, 2.05) is 12.1 Å². The van der Waals surface area contributed by atoms with Crippen LogP contribution in [0.5, 0.6) is 0 Å². The van der Waals surface area contributed by atoms with Gasteiger partial charge in [0.25, 0.3) is 0 Å². The van der Waals surface area contributed by atoms with Gasteiger partial charge in [0, 0.05) is 12.2 Å². The summed E-state index contributed by atoms with van der Waals surface area (Å²) in [6.45, 7) is 2.24. The average molecular weight is 235 g/mol. The number of hydrogen-bond donors (Lipinski definition) is 2. The summed E-state index contributed by atoms with van der Waals surface area (Å²) in [5.74, 6) is 0.675. The van der Waals surface area contributed by atoms with E-state index in [2.05, 4.69) is 17.4 Å². The minimum Gasteiger partial charge on any atom is -0.399 e. The van der Waals surface area contributed by atoms with Crippen LogP contribution in [0.2, 0.25) is 0 Å². The van der Waals surface area contributed by atoms with Gasteiger partial charge in [-0.15, -0.1) is 24.8 Å². The first kappa shape index (κ1) is 13.6. The van der Waals surface area contributed by atoms with Crippen molar-refractivity contribution in [3.63, 3.8) is 0 Å². The molecular weight excluding hydrogens is 219 g/mol. The minimum atomic E-state index is 0. The van der Waals surface area contributed by atoms with Crippen molar-refractivity contribution in [3.05, 3.63) is 29.8 Å². The number of nitrogens with two attached hydrogens (primary N) is 1. The molecule has 1 aliphatic rings. The van der Waals surface area contributed by atoms with Crippen LogP contribution in [0.4, 0.5) is 5.69 Å². The van der Waals surface area contributed by atoms with Crippen molar-refractivity contribution in [2.24, 2.45) is 0 Å². The van der Waals surface area contributed by atoms with E-state index in [1.165, 1.54) is 12.0 Å². The zero-order valence-corrected chi connectivity index (χ0v) is 9.53. The summed E-state index contributed by atoms with van der Waals surface area (Å²) >= 11 is 0. The molecule has 1 aromatic carbocycles. The molecule has 3 N–H and O–H groups in total. The van der Waals surface area contributed by atoms with Crippen molar-refractivity contribution in [2.45, 2.75) is 12.3 Å². The van der Waals surface area contributed by atoms with Gasteiger partial charge in [-0.1, -0.05) is 12.1 Å². The highest BCUT2D eigenvalue weighted by molar-refractivity contribution is 5.85. The molecular formula is C10H16Cl2N2. The van der Waals surface area contributed by atoms with E-state index in [0.717, 1.165) is 18.8 Å². The average Bonchev–Trinajstić information content (AvgIpc) is 2.56. The summed E-state index contributed by atoms with van der Waals surface area (Å²) in [5.41, 5.74) is 7.96. The van der Waals surface area contributed by atoms with Gasteiger partial charge in [0.05, 0.1) is 0 Å². The molecule has 80 valence electrons. The third kappa shape index (κ3) is 3.05. The van der Waals surface area contributed by atoms with Crippen LogP contribution < -0.4 is 11.1 Å². The zero-order valence-electron chi connectivity index (χ0n) is 7.90. The maximum absolute atomic E-state index is 5.71. The van der Waals surface area contributed by atoms with Gasteiger partial charge in [0.15, 0.2) is 0 Å². The molecule has 1 unspecified atom stereocenters. The smallest absolute Gasteiger partial charge is 0.0316 e. The summed E-state index contributed by atoms with van der Waals surface area (Å²) in [6.07, 6.45) is 1.24. The number of nitrogens with one attached hydrogen (secondary N) is 1. The Morgan fingerprint density at radius 1 is 1.29 bits per heavy atom. The molecule has 0 saturated carbocycles. The third-order valence-electron chi connectivity index (χ3n) is 2.44. The molecule has 0 spiro atoms. The lowest BCUT2D eigenvalue weighted by molar-refractivity contribution is 0.764. The molecule has 0 bridgehead atoms. The lowest BCUT2D eigenvalue weighted by Crippen LogP contribution is -2.07. The Balaban J connectivity index is 0.000000845. The first-order valence-corrected chi connectivity index (χ1v) is 4.42. The lowest BCUT2D eigenvalue weighted by atomic mass is 9.98. The largest absolute Gasteiger partial charge is 0.399 e. The highest BCUT2D eigenvalue weighted by Crippen LogP contribution is 2.23. The van der Waals surface area contributed by atoms with Crippen LogP contribution in [0.15, 0.2) is 24.3 Å². The normalized spacial score (nSPS) is 19.6. The van der Waals surface area contributed by atoms with Crippen molar-refractivity contribution in [1.29, 1.82) is 0 Å². The van der Waals surface area contributed by atoms with E-state index >= 15 is 0 Å². The molecule has 1 aromatic rings. The molecule has 1 atom stereocenters. The molecule has 2 nitrogen and oxygen atoms in total. The van der Waals surface area contributed by atoms with Crippen molar-refractivity contribution in [2.75, 3.05) is 18.8 Å². The fraction of sp³-hybridized carbons (Fsp3) is 0.400. The van der Waals surface area contributed by atoms with Gasteiger partial charge >= 0.3 is 0 Å². The fourth-order valence-corrected chi connectivity index (χ4v) is 1.75. The van der Waals surface area contributed by atoms with Gasteiger partial charge in [-0.3, -0.25) is 0 Å². The van der Waals surface area contributed by atoms with Crippen LogP contribution in [0.3, 0.4) is 0 Å². The van der Waals surface area contributed by atoms with Gasteiger partial charge in [-0.25, -0.2) is 0 Å². The SMILES string of the molecule is Cl.Cl.Nc1cccc(C2CCNC2)c1. The molecule has 1 saturated heterocycles. The van der Waals surface area contributed by atoms with Gasteiger partial charge < -0.3 is 11.1 Å². The van der Waals surface area contributed by atoms with Crippen LogP contribution >= 0.6 is 24.8 Å². The van der Waals surface area contributed by atoms with Crippen LogP contribution in [-0.4, -0.2) is 13.1 Å². The van der Waals surface area contributed by atoms with Gasteiger partial charge in [-0.2, -0.15) is 0 Å². The van der Waals surface area contributed by atoms with Crippen molar-refractivity contribution >= 4 is 30.5 Å². The van der Waals surface area contributed by atoms with Gasteiger partial charge in [0.1, 0.15) is 0 Å². The molecule has 0 aromatic heterocycles. The molecule has 2 rings (SSSR count). The fourth-order valence-electron chi connectivity index (χ4n) is 1.75. The standard InChI is InChI=1S/C10H14N2.2ClH/c11-10-3-1-2-8(6-10)9-4-5-12-7-9;;/h1-3,6,9,12H,4-5,7,11H2;2*1H. The Hall–Kier alpha value is -0.440. The van der Waals surface area contributed by atoms with Crippen molar-refractivity contribution in [3.8, 4) is 0 Å². The summed E-state index contributed by atoms with van der Waals surface area (Å²) < 4.78 is 0. The maximum Gasteiger partial charge on any atom is 0.0316 e. The number of nitrogen functional groups attached to an aromatic ring is 1. The molecule has 0 radical (unpaired) electrons. The van der Waals surface area contributed by atoms with E-state index in [1.54, 1.807) is 0 Å². The molecule has 1 aliphatic heterocycles. The van der Waals surface area contributed by atoms with Gasteiger partial charge in [-0.05, 0) is 36.6 Å².